The molecule has 0 amide bonds. The van der Waals surface area contributed by atoms with E-state index in [0.29, 0.717) is 6.61 Å². The Balaban J connectivity index is 0. The molecule has 0 aromatic rings. The predicted octanol–water partition coefficient (Wildman–Crippen LogP) is 3.08. The van der Waals surface area contributed by atoms with Crippen LogP contribution in [0.2, 0.25) is 0 Å². The second-order valence-corrected chi connectivity index (χ2v) is 7.25. The molecule has 1 aliphatic rings. The molecule has 0 aromatic heterocycles. The first-order valence-corrected chi connectivity index (χ1v) is 10.3. The number of nitrogens with zero attached hydrogens (tertiary/aromatic N) is 3. The maximum Gasteiger partial charge on any atom is 0.269 e. The van der Waals surface area contributed by atoms with Gasteiger partial charge in [0.1, 0.15) is 0 Å². The van der Waals surface area contributed by atoms with Crippen LogP contribution in [0.25, 0.3) is 0 Å². The Morgan fingerprint density at radius 1 is 1.05 bits per heavy atom. The SMILES string of the molecule is CC.CC.CCOP(C)(=O)N1CCN(CCN(C)C)CC1. The number of rotatable bonds is 6. The highest BCUT2D eigenvalue weighted by molar-refractivity contribution is 7.55. The number of likely N-dealkylation sites (N-methyl/N-ethyl adjacent to an activating group) is 1. The van der Waals surface area contributed by atoms with Gasteiger partial charge in [-0.1, -0.05) is 27.7 Å². The highest BCUT2D eigenvalue weighted by atomic mass is 31.2. The Bertz CT molecular complexity index is 268. The third-order valence-corrected chi connectivity index (χ3v) is 5.26. The minimum Gasteiger partial charge on any atom is -0.318 e. The second kappa shape index (κ2) is 13.7. The number of hydrogen-bond acceptors (Lipinski definition) is 4. The topological polar surface area (TPSA) is 36.0 Å². The lowest BCUT2D eigenvalue weighted by molar-refractivity contribution is 0.159. The molecule has 0 N–H and O–H groups in total. The summed E-state index contributed by atoms with van der Waals surface area (Å²) in [7, 11) is 1.64. The summed E-state index contributed by atoms with van der Waals surface area (Å²) in [5, 5.41) is 0. The standard InChI is InChI=1S/C11H26N3O2P.2C2H6/c1-5-16-17(4,15)14-10-8-13(9-11-14)7-6-12(2)3;2*1-2/h5-11H2,1-4H3;2*1-2H3. The minimum atomic E-state index is -2.54. The highest BCUT2D eigenvalue weighted by Crippen LogP contribution is 2.46. The molecule has 1 saturated heterocycles. The molecular formula is C15H38N3O2P. The summed E-state index contributed by atoms with van der Waals surface area (Å²) in [5.74, 6) is 0. The van der Waals surface area contributed by atoms with Gasteiger partial charge in [-0.15, -0.1) is 0 Å². The summed E-state index contributed by atoms with van der Waals surface area (Å²) in [6.45, 7) is 18.0. The van der Waals surface area contributed by atoms with E-state index in [1.54, 1.807) is 6.66 Å². The zero-order valence-corrected chi connectivity index (χ0v) is 16.4. The Hall–Kier alpha value is 0.0700. The number of hydrogen-bond donors (Lipinski definition) is 0. The molecule has 0 bridgehead atoms. The van der Waals surface area contributed by atoms with Crippen LogP contribution < -0.4 is 0 Å². The van der Waals surface area contributed by atoms with Gasteiger partial charge in [-0.3, -0.25) is 9.46 Å². The molecule has 1 heterocycles. The Morgan fingerprint density at radius 2 is 1.52 bits per heavy atom. The van der Waals surface area contributed by atoms with Gasteiger partial charge in [-0.2, -0.15) is 0 Å². The van der Waals surface area contributed by atoms with E-state index in [9.17, 15) is 4.57 Å². The molecule has 0 radical (unpaired) electrons. The van der Waals surface area contributed by atoms with Crippen LogP contribution in [0.4, 0.5) is 0 Å². The molecule has 1 fully saturated rings. The molecule has 0 aliphatic carbocycles. The minimum absolute atomic E-state index is 0.522. The van der Waals surface area contributed by atoms with E-state index in [-0.39, 0.29) is 0 Å². The van der Waals surface area contributed by atoms with Crippen molar-refractivity contribution in [1.29, 1.82) is 0 Å². The third kappa shape index (κ3) is 10.4. The first-order valence-electron chi connectivity index (χ1n) is 8.30. The average molecular weight is 323 g/mol. The fourth-order valence-corrected chi connectivity index (χ4v) is 3.53. The van der Waals surface area contributed by atoms with Crippen molar-refractivity contribution in [3.05, 3.63) is 0 Å². The van der Waals surface area contributed by atoms with E-state index in [0.717, 1.165) is 39.3 Å². The lowest BCUT2D eigenvalue weighted by Gasteiger charge is -2.37. The van der Waals surface area contributed by atoms with Crippen molar-refractivity contribution < 1.29 is 9.09 Å². The smallest absolute Gasteiger partial charge is 0.269 e. The summed E-state index contributed by atoms with van der Waals surface area (Å²) in [6.07, 6.45) is 0. The summed E-state index contributed by atoms with van der Waals surface area (Å²) < 4.78 is 19.6. The van der Waals surface area contributed by atoms with Crippen molar-refractivity contribution in [2.24, 2.45) is 0 Å². The van der Waals surface area contributed by atoms with Crippen LogP contribution in [-0.4, -0.2) is 81.1 Å². The van der Waals surface area contributed by atoms with E-state index >= 15 is 0 Å². The quantitative estimate of drug-likeness (QED) is 0.702. The highest BCUT2D eigenvalue weighted by Gasteiger charge is 2.29. The van der Waals surface area contributed by atoms with Gasteiger partial charge < -0.3 is 9.42 Å². The zero-order chi connectivity index (χ0) is 16.9. The molecule has 1 rings (SSSR count). The third-order valence-electron chi connectivity index (χ3n) is 3.09. The van der Waals surface area contributed by atoms with Gasteiger partial charge in [-0.25, -0.2) is 4.67 Å². The van der Waals surface area contributed by atoms with E-state index < -0.39 is 7.52 Å². The van der Waals surface area contributed by atoms with Crippen molar-refractivity contribution in [2.75, 3.05) is 66.6 Å². The summed E-state index contributed by atoms with van der Waals surface area (Å²) in [4.78, 5) is 4.61. The maximum atomic E-state index is 12.2. The summed E-state index contributed by atoms with van der Waals surface area (Å²) in [5.41, 5.74) is 0. The van der Waals surface area contributed by atoms with Gasteiger partial charge in [-0.05, 0) is 21.0 Å². The van der Waals surface area contributed by atoms with Crippen molar-refractivity contribution in [2.45, 2.75) is 34.6 Å². The van der Waals surface area contributed by atoms with Crippen molar-refractivity contribution in [3.63, 3.8) is 0 Å². The number of piperazine rings is 1. The molecule has 0 saturated carbocycles. The van der Waals surface area contributed by atoms with E-state index in [4.69, 9.17) is 4.52 Å². The molecule has 0 spiro atoms. The van der Waals surface area contributed by atoms with Crippen LogP contribution in [0.1, 0.15) is 34.6 Å². The lowest BCUT2D eigenvalue weighted by Crippen LogP contribution is -2.46. The fraction of sp³-hybridized carbons (Fsp3) is 1.00. The lowest BCUT2D eigenvalue weighted by atomic mass is 10.3. The van der Waals surface area contributed by atoms with Gasteiger partial charge in [0.05, 0.1) is 6.61 Å². The van der Waals surface area contributed by atoms with Crippen LogP contribution >= 0.6 is 7.52 Å². The molecule has 130 valence electrons. The van der Waals surface area contributed by atoms with E-state index in [2.05, 4.69) is 23.9 Å². The van der Waals surface area contributed by atoms with E-state index in [1.165, 1.54) is 0 Å². The first-order chi connectivity index (χ1) is 9.95. The molecule has 6 heteroatoms. The molecule has 1 aliphatic heterocycles. The summed E-state index contributed by atoms with van der Waals surface area (Å²) in [6, 6.07) is 0. The summed E-state index contributed by atoms with van der Waals surface area (Å²) >= 11 is 0. The van der Waals surface area contributed by atoms with Crippen LogP contribution in [0.3, 0.4) is 0 Å². The fourth-order valence-electron chi connectivity index (χ4n) is 1.99. The normalized spacial score (nSPS) is 19.1. The Kier molecular flexibility index (Phi) is 15.2. The van der Waals surface area contributed by atoms with E-state index in [1.807, 2.05) is 39.3 Å². The monoisotopic (exact) mass is 323 g/mol. The molecule has 1 atom stereocenters. The molecular weight excluding hydrogens is 285 g/mol. The van der Waals surface area contributed by atoms with Gasteiger partial charge in [0.2, 0.25) is 0 Å². The molecule has 1 unspecified atom stereocenters. The molecule has 5 nitrogen and oxygen atoms in total. The van der Waals surface area contributed by atoms with Gasteiger partial charge in [0, 0.05) is 45.9 Å². The largest absolute Gasteiger partial charge is 0.318 e. The first kappa shape index (κ1) is 23.3. The second-order valence-electron chi connectivity index (χ2n) is 4.82. The van der Waals surface area contributed by atoms with Gasteiger partial charge in [0.15, 0.2) is 0 Å². The maximum absolute atomic E-state index is 12.2. The molecule has 21 heavy (non-hydrogen) atoms. The predicted molar refractivity (Wildman–Crippen MR) is 94.4 cm³/mol. The van der Waals surface area contributed by atoms with Crippen LogP contribution in [0.5, 0.6) is 0 Å². The van der Waals surface area contributed by atoms with Gasteiger partial charge in [0.25, 0.3) is 7.52 Å². The van der Waals surface area contributed by atoms with Crippen LogP contribution in [0.15, 0.2) is 0 Å². The zero-order valence-electron chi connectivity index (χ0n) is 15.6. The Labute approximate surface area is 133 Å². The van der Waals surface area contributed by atoms with Crippen LogP contribution in [-0.2, 0) is 9.09 Å². The van der Waals surface area contributed by atoms with Crippen molar-refractivity contribution in [1.82, 2.24) is 14.5 Å². The van der Waals surface area contributed by atoms with Gasteiger partial charge >= 0.3 is 0 Å². The Morgan fingerprint density at radius 3 is 1.90 bits per heavy atom. The van der Waals surface area contributed by atoms with Crippen molar-refractivity contribution in [3.8, 4) is 0 Å². The average Bonchev–Trinajstić information content (AvgIpc) is 2.49. The van der Waals surface area contributed by atoms with Crippen LogP contribution in [0, 0.1) is 0 Å². The molecule has 0 aromatic carbocycles. The van der Waals surface area contributed by atoms with Crippen molar-refractivity contribution >= 4 is 7.52 Å².